The quantitative estimate of drug-likeness (QED) is 0.823. The molecule has 3 rings (SSSR count). The Morgan fingerprint density at radius 1 is 1.54 bits per heavy atom. The lowest BCUT2D eigenvalue weighted by atomic mass is 9.96. The van der Waals surface area contributed by atoms with Gasteiger partial charge in [-0.1, -0.05) is 12.8 Å². The number of hydrogen-bond donors (Lipinski definition) is 1. The molecule has 124 valence electrons. The number of rotatable bonds is 6. The minimum atomic E-state index is 0.146. The minimum absolute atomic E-state index is 0.146. The highest BCUT2D eigenvalue weighted by Crippen LogP contribution is 2.36. The van der Waals surface area contributed by atoms with Crippen LogP contribution in [0.5, 0.6) is 0 Å². The molecule has 1 atom stereocenters. The van der Waals surface area contributed by atoms with E-state index in [1.165, 1.54) is 25.7 Å². The van der Waals surface area contributed by atoms with Crippen molar-refractivity contribution in [2.75, 3.05) is 7.05 Å². The van der Waals surface area contributed by atoms with Crippen LogP contribution < -0.4 is 0 Å². The van der Waals surface area contributed by atoms with E-state index >= 15 is 0 Å². The standard InChI is InChI=1S/C18H22N6/c1-20-17(15-8-10-22-18(15)21-2)14-11-23-24(12-14)16(7-9-19)13-5-3-4-6-13/h8,10-13,16,22H,2-7H2,1H3. The van der Waals surface area contributed by atoms with Gasteiger partial charge in [0.05, 0.1) is 30.4 Å². The van der Waals surface area contributed by atoms with Crippen LogP contribution in [0.1, 0.15) is 49.3 Å². The van der Waals surface area contributed by atoms with Crippen molar-refractivity contribution < 1.29 is 0 Å². The Balaban J connectivity index is 1.91. The number of nitrogens with zero attached hydrogens (tertiary/aromatic N) is 5. The number of aromatic nitrogens is 3. The monoisotopic (exact) mass is 322 g/mol. The summed E-state index contributed by atoms with van der Waals surface area (Å²) in [6.07, 6.45) is 11.0. The van der Waals surface area contributed by atoms with E-state index < -0.39 is 0 Å². The fraction of sp³-hybridized carbons (Fsp3) is 0.444. The van der Waals surface area contributed by atoms with Gasteiger partial charge in [0.2, 0.25) is 0 Å². The molecule has 6 heteroatoms. The van der Waals surface area contributed by atoms with Crippen LogP contribution in [0.15, 0.2) is 34.6 Å². The van der Waals surface area contributed by atoms with Crippen LogP contribution >= 0.6 is 0 Å². The van der Waals surface area contributed by atoms with Crippen LogP contribution in [0, 0.1) is 17.2 Å². The minimum Gasteiger partial charge on any atom is -0.346 e. The Morgan fingerprint density at radius 3 is 3.00 bits per heavy atom. The van der Waals surface area contributed by atoms with Crippen LogP contribution in [0.25, 0.3) is 0 Å². The van der Waals surface area contributed by atoms with E-state index in [1.54, 1.807) is 7.05 Å². The zero-order chi connectivity index (χ0) is 16.9. The van der Waals surface area contributed by atoms with E-state index in [4.69, 9.17) is 0 Å². The van der Waals surface area contributed by atoms with Crippen LogP contribution in [0.4, 0.5) is 5.82 Å². The Bertz CT molecular complexity index is 770. The molecule has 1 unspecified atom stereocenters. The van der Waals surface area contributed by atoms with Crippen LogP contribution in [-0.4, -0.2) is 34.2 Å². The maximum atomic E-state index is 9.20. The lowest BCUT2D eigenvalue weighted by molar-refractivity contribution is 0.314. The zero-order valence-electron chi connectivity index (χ0n) is 13.9. The summed E-state index contributed by atoms with van der Waals surface area (Å²) in [5.41, 5.74) is 2.67. The average Bonchev–Trinajstić information content (AvgIpc) is 3.35. The number of aliphatic imine (C=N–C) groups is 2. The summed E-state index contributed by atoms with van der Waals surface area (Å²) in [4.78, 5) is 11.5. The van der Waals surface area contributed by atoms with Crippen LogP contribution in [0.2, 0.25) is 0 Å². The topological polar surface area (TPSA) is 82.1 Å². The largest absolute Gasteiger partial charge is 0.346 e. The van der Waals surface area contributed by atoms with Crippen LogP contribution in [-0.2, 0) is 0 Å². The highest BCUT2D eigenvalue weighted by molar-refractivity contribution is 6.15. The van der Waals surface area contributed by atoms with E-state index in [0.29, 0.717) is 18.2 Å². The summed E-state index contributed by atoms with van der Waals surface area (Å²) in [6, 6.07) is 4.41. The molecule has 0 aromatic carbocycles. The van der Waals surface area contributed by atoms with Crippen molar-refractivity contribution >= 4 is 18.2 Å². The third kappa shape index (κ3) is 3.02. The van der Waals surface area contributed by atoms with Crippen molar-refractivity contribution in [2.24, 2.45) is 15.9 Å². The molecule has 1 aliphatic rings. The molecule has 24 heavy (non-hydrogen) atoms. The molecule has 0 radical (unpaired) electrons. The number of H-pyrrole nitrogens is 1. The summed E-state index contributed by atoms with van der Waals surface area (Å²) >= 11 is 0. The highest BCUT2D eigenvalue weighted by Gasteiger charge is 2.27. The van der Waals surface area contributed by atoms with Gasteiger partial charge in [0.25, 0.3) is 0 Å². The molecule has 2 aromatic rings. The first-order valence-corrected chi connectivity index (χ1v) is 8.31. The van der Waals surface area contributed by atoms with Gasteiger partial charge in [-0.15, -0.1) is 0 Å². The van der Waals surface area contributed by atoms with Gasteiger partial charge in [-0.3, -0.25) is 9.67 Å². The summed E-state index contributed by atoms with van der Waals surface area (Å²) < 4.78 is 1.95. The second kappa shape index (κ2) is 7.26. The van der Waals surface area contributed by atoms with Gasteiger partial charge in [0, 0.05) is 30.6 Å². The molecule has 0 spiro atoms. The van der Waals surface area contributed by atoms with Gasteiger partial charge in [0.1, 0.15) is 5.82 Å². The van der Waals surface area contributed by atoms with E-state index in [1.807, 2.05) is 29.3 Å². The molecule has 0 bridgehead atoms. The smallest absolute Gasteiger partial charge is 0.138 e. The Labute approximate surface area is 141 Å². The maximum Gasteiger partial charge on any atom is 0.138 e. The van der Waals surface area contributed by atoms with Gasteiger partial charge in [-0.25, -0.2) is 4.99 Å². The second-order valence-electron chi connectivity index (χ2n) is 6.15. The van der Waals surface area contributed by atoms with Crippen molar-refractivity contribution in [1.82, 2.24) is 14.8 Å². The summed E-state index contributed by atoms with van der Waals surface area (Å²) in [6.45, 7) is 3.59. The third-order valence-electron chi connectivity index (χ3n) is 4.82. The second-order valence-corrected chi connectivity index (χ2v) is 6.15. The molecule has 0 saturated heterocycles. The van der Waals surface area contributed by atoms with Gasteiger partial charge < -0.3 is 4.98 Å². The molecule has 1 aliphatic carbocycles. The lowest BCUT2D eigenvalue weighted by Gasteiger charge is -2.21. The van der Waals surface area contributed by atoms with Crippen molar-refractivity contribution in [3.63, 3.8) is 0 Å². The van der Waals surface area contributed by atoms with Crippen molar-refractivity contribution in [3.05, 3.63) is 35.8 Å². The number of nitrogens with one attached hydrogen (secondary N) is 1. The van der Waals surface area contributed by atoms with Crippen molar-refractivity contribution in [3.8, 4) is 6.07 Å². The molecule has 1 saturated carbocycles. The predicted molar refractivity (Wildman–Crippen MR) is 95.0 cm³/mol. The molecule has 0 aliphatic heterocycles. The van der Waals surface area contributed by atoms with E-state index in [-0.39, 0.29) is 6.04 Å². The van der Waals surface area contributed by atoms with E-state index in [2.05, 4.69) is 32.9 Å². The Morgan fingerprint density at radius 2 is 2.33 bits per heavy atom. The number of hydrogen-bond acceptors (Lipinski definition) is 4. The van der Waals surface area contributed by atoms with Crippen molar-refractivity contribution in [1.29, 1.82) is 5.26 Å². The fourth-order valence-electron chi connectivity index (χ4n) is 3.64. The number of aromatic amines is 1. The fourth-order valence-corrected chi connectivity index (χ4v) is 3.64. The highest BCUT2D eigenvalue weighted by atomic mass is 15.3. The summed E-state index contributed by atoms with van der Waals surface area (Å²) in [5, 5.41) is 13.7. The van der Waals surface area contributed by atoms with E-state index in [0.717, 1.165) is 16.8 Å². The first kappa shape index (κ1) is 16.2. The maximum absolute atomic E-state index is 9.20. The van der Waals surface area contributed by atoms with Gasteiger partial charge in [-0.2, -0.15) is 10.4 Å². The molecule has 1 N–H and O–H groups in total. The Kier molecular flexibility index (Phi) is 4.90. The first-order valence-electron chi connectivity index (χ1n) is 8.31. The third-order valence-corrected chi connectivity index (χ3v) is 4.82. The molecule has 2 aromatic heterocycles. The van der Waals surface area contributed by atoms with Gasteiger partial charge in [0.15, 0.2) is 0 Å². The molecule has 2 heterocycles. The zero-order valence-corrected chi connectivity index (χ0v) is 13.9. The molecular formula is C18H22N6. The summed E-state index contributed by atoms with van der Waals surface area (Å²) in [5.74, 6) is 1.24. The lowest BCUT2D eigenvalue weighted by Crippen LogP contribution is -2.17. The molecule has 1 fully saturated rings. The Hall–Kier alpha value is -2.68. The van der Waals surface area contributed by atoms with Gasteiger partial charge >= 0.3 is 0 Å². The predicted octanol–water partition coefficient (Wildman–Crippen LogP) is 3.66. The normalized spacial score (nSPS) is 16.9. The summed E-state index contributed by atoms with van der Waals surface area (Å²) in [7, 11) is 1.76. The SMILES string of the molecule is C=Nc1[nH]ccc1C(=NC)c1cnn(C(CC#N)C2CCCC2)c1. The molecule has 0 amide bonds. The number of nitriles is 1. The first-order chi connectivity index (χ1) is 11.8. The van der Waals surface area contributed by atoms with E-state index in [9.17, 15) is 5.26 Å². The van der Waals surface area contributed by atoms with Gasteiger partial charge in [-0.05, 0) is 31.5 Å². The average molecular weight is 322 g/mol. The molecule has 6 nitrogen and oxygen atoms in total. The molecular weight excluding hydrogens is 300 g/mol. The van der Waals surface area contributed by atoms with Crippen molar-refractivity contribution in [2.45, 2.75) is 38.1 Å². The van der Waals surface area contributed by atoms with Crippen LogP contribution in [0.3, 0.4) is 0 Å².